The molecular weight excluding hydrogens is 436 g/mol. The summed E-state index contributed by atoms with van der Waals surface area (Å²) in [6, 6.07) is 13.5. The lowest BCUT2D eigenvalue weighted by molar-refractivity contribution is -0.116. The molecule has 0 aliphatic heterocycles. The smallest absolute Gasteiger partial charge is 0.333 e. The number of amides is 1. The van der Waals surface area contributed by atoms with Gasteiger partial charge in [-0.15, -0.1) is 0 Å². The summed E-state index contributed by atoms with van der Waals surface area (Å²) in [6.07, 6.45) is 0. The van der Waals surface area contributed by atoms with E-state index in [1.54, 1.807) is 36.4 Å². The Morgan fingerprint density at radius 1 is 1.09 bits per heavy atom. The number of anilines is 2. The van der Waals surface area contributed by atoms with Gasteiger partial charge < -0.3 is 15.8 Å². The molecular formula is C22H21ClN4O5. The fraction of sp³-hybridized carbons (Fsp3) is 0.182. The summed E-state index contributed by atoms with van der Waals surface area (Å²) in [5, 5.41) is 2.84. The molecule has 0 aliphatic rings. The fourth-order valence-electron chi connectivity index (χ4n) is 3.19. The number of aromatic nitrogens is 2. The highest BCUT2D eigenvalue weighted by Gasteiger charge is 2.22. The second-order valence-corrected chi connectivity index (χ2v) is 7.37. The van der Waals surface area contributed by atoms with E-state index in [-0.39, 0.29) is 22.9 Å². The number of rotatable bonds is 7. The lowest BCUT2D eigenvalue weighted by Gasteiger charge is -2.16. The maximum Gasteiger partial charge on any atom is 0.333 e. The maximum atomic E-state index is 13.0. The van der Waals surface area contributed by atoms with Crippen LogP contribution in [0.4, 0.5) is 11.5 Å². The number of nitrogens with one attached hydrogen (secondary N) is 1. The van der Waals surface area contributed by atoms with Crippen LogP contribution in [0.15, 0.2) is 58.1 Å². The summed E-state index contributed by atoms with van der Waals surface area (Å²) >= 11 is 6.06. The Labute approximate surface area is 188 Å². The number of ketones is 1. The van der Waals surface area contributed by atoms with Crippen LogP contribution in [0.2, 0.25) is 5.02 Å². The van der Waals surface area contributed by atoms with Gasteiger partial charge in [-0.25, -0.2) is 9.36 Å². The Morgan fingerprint density at radius 2 is 1.78 bits per heavy atom. The van der Waals surface area contributed by atoms with Gasteiger partial charge in [0.15, 0.2) is 5.78 Å². The number of hydrogen-bond donors (Lipinski definition) is 2. The van der Waals surface area contributed by atoms with Crippen molar-refractivity contribution in [1.82, 2.24) is 9.13 Å². The van der Waals surface area contributed by atoms with Gasteiger partial charge in [-0.1, -0.05) is 41.9 Å². The lowest BCUT2D eigenvalue weighted by atomic mass is 10.2. The zero-order valence-electron chi connectivity index (χ0n) is 17.4. The van der Waals surface area contributed by atoms with E-state index in [1.807, 2.05) is 6.07 Å². The van der Waals surface area contributed by atoms with Crippen LogP contribution < -0.4 is 27.0 Å². The normalized spacial score (nSPS) is 10.6. The Kier molecular flexibility index (Phi) is 6.79. The van der Waals surface area contributed by atoms with E-state index in [9.17, 15) is 19.2 Å². The van der Waals surface area contributed by atoms with Gasteiger partial charge >= 0.3 is 5.69 Å². The summed E-state index contributed by atoms with van der Waals surface area (Å²) < 4.78 is 6.86. The lowest BCUT2D eigenvalue weighted by Crippen LogP contribution is -2.46. The average molecular weight is 457 g/mol. The number of benzene rings is 2. The van der Waals surface area contributed by atoms with Crippen molar-refractivity contribution < 1.29 is 14.3 Å². The van der Waals surface area contributed by atoms with E-state index in [1.165, 1.54) is 20.1 Å². The van der Waals surface area contributed by atoms with Crippen LogP contribution in [0.3, 0.4) is 0 Å². The highest BCUT2D eigenvalue weighted by molar-refractivity contribution is 6.32. The zero-order chi connectivity index (χ0) is 23.4. The van der Waals surface area contributed by atoms with Crippen molar-refractivity contribution in [2.75, 3.05) is 18.2 Å². The van der Waals surface area contributed by atoms with Crippen molar-refractivity contribution in [2.24, 2.45) is 0 Å². The minimum absolute atomic E-state index is 0.0295. The van der Waals surface area contributed by atoms with Gasteiger partial charge in [0.1, 0.15) is 23.7 Å². The molecule has 3 N–H and O–H groups in total. The number of Topliss-reactive ketones (excluding diaryl/α,β-unsaturated/α-hetero) is 1. The number of nitrogens with zero attached hydrogens (tertiary/aromatic N) is 2. The molecule has 0 radical (unpaired) electrons. The number of nitrogen functional groups attached to an aromatic ring is 1. The molecule has 0 atom stereocenters. The highest BCUT2D eigenvalue weighted by atomic mass is 35.5. The number of carbonyl (C=O) groups is 2. The molecule has 0 saturated carbocycles. The first-order chi connectivity index (χ1) is 15.2. The van der Waals surface area contributed by atoms with Gasteiger partial charge in [-0.2, -0.15) is 0 Å². The molecule has 3 aromatic rings. The van der Waals surface area contributed by atoms with Crippen LogP contribution in [0.5, 0.6) is 5.75 Å². The third kappa shape index (κ3) is 4.73. The van der Waals surface area contributed by atoms with E-state index >= 15 is 0 Å². The number of halogens is 1. The van der Waals surface area contributed by atoms with Crippen LogP contribution in [-0.4, -0.2) is 27.9 Å². The molecule has 0 saturated heterocycles. The summed E-state index contributed by atoms with van der Waals surface area (Å²) in [6.45, 7) is 0.590. The molecule has 0 spiro atoms. The fourth-order valence-corrected chi connectivity index (χ4v) is 3.45. The number of nitrogens with two attached hydrogens (primary N) is 1. The average Bonchev–Trinajstić information content (AvgIpc) is 2.75. The standard InChI is InChI=1S/C22H21ClN4O5/c1-13(28)19-20(24)26(11-14-6-4-3-5-7-14)22(31)27(21(19)30)12-18(29)25-15-8-9-17(32-2)16(23)10-15/h3-10H,11-12,24H2,1-2H3,(H,25,29). The SMILES string of the molecule is COc1ccc(NC(=O)Cn2c(=O)c(C(C)=O)c(N)n(Cc3ccccc3)c2=O)cc1Cl. The van der Waals surface area contributed by atoms with Crippen LogP contribution in [-0.2, 0) is 17.9 Å². The topological polar surface area (TPSA) is 125 Å². The molecule has 0 fully saturated rings. The Bertz CT molecular complexity index is 1300. The van der Waals surface area contributed by atoms with Gasteiger partial charge in [0, 0.05) is 5.69 Å². The van der Waals surface area contributed by atoms with Gasteiger partial charge in [0.05, 0.1) is 18.7 Å². The number of carbonyl (C=O) groups excluding carboxylic acids is 2. The Balaban J connectivity index is 1.99. The van der Waals surface area contributed by atoms with E-state index < -0.39 is 29.5 Å². The third-order valence-electron chi connectivity index (χ3n) is 4.74. The molecule has 9 nitrogen and oxygen atoms in total. The van der Waals surface area contributed by atoms with Gasteiger partial charge in [-0.3, -0.25) is 19.0 Å². The Hall–Kier alpha value is -3.85. The molecule has 1 aromatic heterocycles. The first kappa shape index (κ1) is 22.8. The molecule has 3 rings (SSSR count). The zero-order valence-corrected chi connectivity index (χ0v) is 18.2. The van der Waals surface area contributed by atoms with Crippen molar-refractivity contribution in [1.29, 1.82) is 0 Å². The van der Waals surface area contributed by atoms with Crippen LogP contribution in [0.25, 0.3) is 0 Å². The molecule has 0 bridgehead atoms. The summed E-state index contributed by atoms with van der Waals surface area (Å²) in [5.41, 5.74) is 5.01. The second-order valence-electron chi connectivity index (χ2n) is 6.96. The van der Waals surface area contributed by atoms with Crippen molar-refractivity contribution >= 4 is 34.8 Å². The van der Waals surface area contributed by atoms with Crippen LogP contribution in [0, 0.1) is 0 Å². The van der Waals surface area contributed by atoms with Gasteiger partial charge in [-0.05, 0) is 30.7 Å². The number of methoxy groups -OCH3 is 1. The molecule has 10 heteroatoms. The van der Waals surface area contributed by atoms with Crippen molar-refractivity contribution in [3.8, 4) is 5.75 Å². The third-order valence-corrected chi connectivity index (χ3v) is 5.04. The molecule has 2 aromatic carbocycles. The van der Waals surface area contributed by atoms with Gasteiger partial charge in [0.25, 0.3) is 5.56 Å². The molecule has 1 amide bonds. The summed E-state index contributed by atoms with van der Waals surface area (Å²) in [7, 11) is 1.46. The first-order valence-corrected chi connectivity index (χ1v) is 9.92. The van der Waals surface area contributed by atoms with E-state index in [2.05, 4.69) is 5.32 Å². The van der Waals surface area contributed by atoms with Crippen molar-refractivity contribution in [3.63, 3.8) is 0 Å². The summed E-state index contributed by atoms with van der Waals surface area (Å²) in [4.78, 5) is 50.5. The minimum atomic E-state index is -0.924. The second kappa shape index (κ2) is 9.52. The Morgan fingerprint density at radius 3 is 2.38 bits per heavy atom. The van der Waals surface area contributed by atoms with E-state index in [4.69, 9.17) is 22.1 Å². The predicted molar refractivity (Wildman–Crippen MR) is 122 cm³/mol. The first-order valence-electron chi connectivity index (χ1n) is 9.54. The quantitative estimate of drug-likeness (QED) is 0.525. The molecule has 1 heterocycles. The van der Waals surface area contributed by atoms with E-state index in [0.29, 0.717) is 16.0 Å². The van der Waals surface area contributed by atoms with Crippen molar-refractivity contribution in [2.45, 2.75) is 20.0 Å². The molecule has 32 heavy (non-hydrogen) atoms. The summed E-state index contributed by atoms with van der Waals surface area (Å²) in [5.74, 6) is -1.08. The number of ether oxygens (including phenoxy) is 1. The van der Waals surface area contributed by atoms with Crippen LogP contribution in [0.1, 0.15) is 22.8 Å². The molecule has 0 aliphatic carbocycles. The highest BCUT2D eigenvalue weighted by Crippen LogP contribution is 2.27. The van der Waals surface area contributed by atoms with E-state index in [0.717, 1.165) is 10.1 Å². The van der Waals surface area contributed by atoms with Gasteiger partial charge in [0.2, 0.25) is 5.91 Å². The molecule has 166 valence electrons. The monoisotopic (exact) mass is 456 g/mol. The van der Waals surface area contributed by atoms with Crippen LogP contribution >= 0.6 is 11.6 Å². The maximum absolute atomic E-state index is 13.0. The minimum Gasteiger partial charge on any atom is -0.495 e. The predicted octanol–water partition coefficient (Wildman–Crippen LogP) is 2.14. The number of hydrogen-bond acceptors (Lipinski definition) is 6. The molecule has 0 unspecified atom stereocenters. The largest absolute Gasteiger partial charge is 0.495 e. The van der Waals surface area contributed by atoms with Crippen molar-refractivity contribution in [3.05, 3.63) is 85.5 Å².